The van der Waals surface area contributed by atoms with Crippen molar-refractivity contribution in [3.8, 4) is 11.5 Å². The molecule has 1 aliphatic rings. The lowest BCUT2D eigenvalue weighted by atomic mass is 10.2. The van der Waals surface area contributed by atoms with Crippen molar-refractivity contribution in [2.45, 2.75) is 0 Å². The molecule has 0 aromatic heterocycles. The number of ether oxygens (including phenoxy) is 3. The minimum absolute atomic E-state index is 0.188. The first-order valence-corrected chi connectivity index (χ1v) is 8.94. The van der Waals surface area contributed by atoms with Crippen molar-refractivity contribution in [1.29, 1.82) is 0 Å². The van der Waals surface area contributed by atoms with Crippen molar-refractivity contribution in [2.24, 2.45) is 0 Å². The molecular weight excluding hydrogens is 430 g/mol. The summed E-state index contributed by atoms with van der Waals surface area (Å²) in [5, 5.41) is 8.38. The average molecular weight is 446 g/mol. The Hall–Kier alpha value is -2.04. The average Bonchev–Trinajstić information content (AvgIpc) is 2.85. The van der Waals surface area contributed by atoms with E-state index in [0.29, 0.717) is 15.8 Å². The standard InChI is InChI=1S/C16H16BrNO7S/c1-23-4-3-18-15(21)12(26-16(18)22)7-9-5-10(17)14(11(6-9)24-2)25-8-13(19)20/h5-7H,3-4,8H2,1-2H3,(H,19,20)/b12-7+. The van der Waals surface area contributed by atoms with E-state index in [-0.39, 0.29) is 29.0 Å². The van der Waals surface area contributed by atoms with Crippen LogP contribution in [0.5, 0.6) is 11.5 Å². The van der Waals surface area contributed by atoms with E-state index in [9.17, 15) is 14.4 Å². The largest absolute Gasteiger partial charge is 0.493 e. The molecule has 0 aliphatic carbocycles. The van der Waals surface area contributed by atoms with E-state index in [2.05, 4.69) is 15.9 Å². The molecule has 1 saturated heterocycles. The van der Waals surface area contributed by atoms with Crippen LogP contribution in [-0.4, -0.2) is 61.1 Å². The molecule has 2 rings (SSSR count). The monoisotopic (exact) mass is 445 g/mol. The zero-order valence-electron chi connectivity index (χ0n) is 14.0. The van der Waals surface area contributed by atoms with Crippen molar-refractivity contribution in [3.05, 3.63) is 27.1 Å². The zero-order chi connectivity index (χ0) is 19.3. The number of benzene rings is 1. The first-order chi connectivity index (χ1) is 12.4. The van der Waals surface area contributed by atoms with Crippen molar-refractivity contribution < 1.29 is 33.7 Å². The SMILES string of the molecule is COCCN1C(=O)S/C(=C/c2cc(Br)c(OCC(=O)O)c(OC)c2)C1=O. The number of carboxylic acid groups (broad SMARTS) is 1. The molecule has 1 aromatic carbocycles. The quantitative estimate of drug-likeness (QED) is 0.609. The Morgan fingerprint density at radius 3 is 2.69 bits per heavy atom. The Bertz CT molecular complexity index is 765. The Labute approximate surface area is 162 Å². The van der Waals surface area contributed by atoms with Crippen LogP contribution in [-0.2, 0) is 14.3 Å². The lowest BCUT2D eigenvalue weighted by Gasteiger charge is -2.12. The van der Waals surface area contributed by atoms with Crippen LogP contribution in [0.25, 0.3) is 6.08 Å². The third-order valence-corrected chi connectivity index (χ3v) is 4.78. The van der Waals surface area contributed by atoms with Gasteiger partial charge in [-0.05, 0) is 51.5 Å². The highest BCUT2D eigenvalue weighted by molar-refractivity contribution is 9.10. The molecule has 1 aliphatic heterocycles. The van der Waals surface area contributed by atoms with Crippen molar-refractivity contribution in [1.82, 2.24) is 4.90 Å². The van der Waals surface area contributed by atoms with Crippen LogP contribution in [0.15, 0.2) is 21.5 Å². The predicted molar refractivity (Wildman–Crippen MR) is 98.4 cm³/mol. The van der Waals surface area contributed by atoms with Crippen LogP contribution in [0, 0.1) is 0 Å². The van der Waals surface area contributed by atoms with Crippen LogP contribution in [0.2, 0.25) is 0 Å². The molecular formula is C16H16BrNO7S. The first kappa shape index (κ1) is 20.3. The number of hydrogen-bond donors (Lipinski definition) is 1. The number of methoxy groups -OCH3 is 2. The highest BCUT2D eigenvalue weighted by Gasteiger charge is 2.34. The number of imide groups is 1. The highest BCUT2D eigenvalue weighted by Crippen LogP contribution is 2.39. The van der Waals surface area contributed by atoms with E-state index in [0.717, 1.165) is 16.7 Å². The van der Waals surface area contributed by atoms with E-state index in [1.807, 2.05) is 0 Å². The number of amides is 2. The molecule has 8 nitrogen and oxygen atoms in total. The Morgan fingerprint density at radius 1 is 1.35 bits per heavy atom. The van der Waals surface area contributed by atoms with Crippen molar-refractivity contribution in [2.75, 3.05) is 34.0 Å². The van der Waals surface area contributed by atoms with E-state index in [1.165, 1.54) is 14.2 Å². The summed E-state index contributed by atoms with van der Waals surface area (Å²) in [6, 6.07) is 3.23. The molecule has 1 heterocycles. The second-order valence-corrected chi connectivity index (χ2v) is 6.89. The second-order valence-electron chi connectivity index (χ2n) is 5.04. The van der Waals surface area contributed by atoms with E-state index in [4.69, 9.17) is 19.3 Å². The number of rotatable bonds is 8. The van der Waals surface area contributed by atoms with Gasteiger partial charge >= 0.3 is 5.97 Å². The normalized spacial score (nSPS) is 15.7. The summed E-state index contributed by atoms with van der Waals surface area (Å²) in [7, 11) is 2.91. The number of nitrogens with zero attached hydrogens (tertiary/aromatic N) is 1. The third-order valence-electron chi connectivity index (χ3n) is 3.28. The lowest BCUT2D eigenvalue weighted by molar-refractivity contribution is -0.139. The van der Waals surface area contributed by atoms with Gasteiger partial charge in [0.15, 0.2) is 18.1 Å². The smallest absolute Gasteiger partial charge is 0.341 e. The summed E-state index contributed by atoms with van der Waals surface area (Å²) in [4.78, 5) is 36.4. The predicted octanol–water partition coefficient (Wildman–Crippen LogP) is 2.60. The molecule has 0 atom stereocenters. The maximum absolute atomic E-state index is 12.3. The number of aliphatic carboxylic acids is 1. The van der Waals surface area contributed by atoms with Crippen molar-refractivity contribution >= 4 is 50.9 Å². The Balaban J connectivity index is 2.27. The van der Waals surface area contributed by atoms with Crippen LogP contribution < -0.4 is 9.47 Å². The summed E-state index contributed by atoms with van der Waals surface area (Å²) in [5.41, 5.74) is 0.591. The lowest BCUT2D eigenvalue weighted by Crippen LogP contribution is -2.31. The number of carboxylic acids is 1. The zero-order valence-corrected chi connectivity index (χ0v) is 16.4. The molecule has 1 aromatic rings. The molecule has 0 bridgehead atoms. The van der Waals surface area contributed by atoms with Gasteiger partial charge in [-0.25, -0.2) is 4.79 Å². The van der Waals surface area contributed by atoms with Crippen molar-refractivity contribution in [3.63, 3.8) is 0 Å². The van der Waals surface area contributed by atoms with Gasteiger partial charge in [-0.1, -0.05) is 0 Å². The van der Waals surface area contributed by atoms with E-state index in [1.54, 1.807) is 18.2 Å². The van der Waals surface area contributed by atoms with Crippen LogP contribution in [0.1, 0.15) is 5.56 Å². The summed E-state index contributed by atoms with van der Waals surface area (Å²) in [6.45, 7) is -0.0690. The topological polar surface area (TPSA) is 102 Å². The minimum Gasteiger partial charge on any atom is -0.493 e. The maximum atomic E-state index is 12.3. The van der Waals surface area contributed by atoms with Gasteiger partial charge in [0.1, 0.15) is 0 Å². The summed E-state index contributed by atoms with van der Waals surface area (Å²) >= 11 is 4.14. The van der Waals surface area contributed by atoms with Gasteiger partial charge in [-0.3, -0.25) is 14.5 Å². The molecule has 1 N–H and O–H groups in total. The highest BCUT2D eigenvalue weighted by atomic mass is 79.9. The molecule has 10 heteroatoms. The first-order valence-electron chi connectivity index (χ1n) is 7.33. The molecule has 2 amide bonds. The Morgan fingerprint density at radius 2 is 2.08 bits per heavy atom. The number of thioether (sulfide) groups is 1. The number of hydrogen-bond acceptors (Lipinski definition) is 7. The van der Waals surface area contributed by atoms with Crippen LogP contribution in [0.3, 0.4) is 0 Å². The molecule has 0 radical (unpaired) electrons. The summed E-state index contributed by atoms with van der Waals surface area (Å²) < 4.78 is 15.8. The Kier molecular flexibility index (Phi) is 7.06. The fourth-order valence-corrected chi connectivity index (χ4v) is 3.56. The molecule has 1 fully saturated rings. The van der Waals surface area contributed by atoms with Gasteiger partial charge in [-0.2, -0.15) is 0 Å². The summed E-state index contributed by atoms with van der Waals surface area (Å²) in [6.07, 6.45) is 1.56. The molecule has 140 valence electrons. The molecule has 0 unspecified atom stereocenters. The van der Waals surface area contributed by atoms with E-state index < -0.39 is 18.5 Å². The van der Waals surface area contributed by atoms with Gasteiger partial charge in [0.05, 0.1) is 29.6 Å². The maximum Gasteiger partial charge on any atom is 0.341 e. The number of halogens is 1. The van der Waals surface area contributed by atoms with Gasteiger partial charge in [0.25, 0.3) is 11.1 Å². The molecule has 0 saturated carbocycles. The second kappa shape index (κ2) is 9.06. The van der Waals surface area contributed by atoms with Gasteiger partial charge in [0, 0.05) is 7.11 Å². The number of carbonyl (C=O) groups is 3. The molecule has 26 heavy (non-hydrogen) atoms. The number of carbonyl (C=O) groups excluding carboxylic acids is 2. The fourth-order valence-electron chi connectivity index (χ4n) is 2.12. The molecule has 0 spiro atoms. The van der Waals surface area contributed by atoms with E-state index >= 15 is 0 Å². The minimum atomic E-state index is -1.12. The van der Waals surface area contributed by atoms with Crippen LogP contribution >= 0.6 is 27.7 Å². The van der Waals surface area contributed by atoms with Gasteiger partial charge in [0.2, 0.25) is 0 Å². The summed E-state index contributed by atoms with van der Waals surface area (Å²) in [5.74, 6) is -0.975. The fraction of sp³-hybridized carbons (Fsp3) is 0.312. The van der Waals surface area contributed by atoms with Gasteiger partial charge < -0.3 is 19.3 Å². The third kappa shape index (κ3) is 4.77. The van der Waals surface area contributed by atoms with Crippen LogP contribution in [0.4, 0.5) is 4.79 Å². The van der Waals surface area contributed by atoms with Gasteiger partial charge in [-0.15, -0.1) is 0 Å².